The van der Waals surface area contributed by atoms with E-state index < -0.39 is 0 Å². The van der Waals surface area contributed by atoms with Crippen LogP contribution in [-0.2, 0) is 6.42 Å². The summed E-state index contributed by atoms with van der Waals surface area (Å²) in [6, 6.07) is 5.83. The minimum Gasteiger partial charge on any atom is -0.338 e. The standard InChI is InChI=1S/C13H17N5OS/c19-13(17-7-9-20-10-8-17)14-5-4-12-16-15-11-3-1-2-6-18(11)12/h1-3,6H,4-5,7-10H2,(H,14,19). The third-order valence-corrected chi connectivity index (χ3v) is 4.25. The zero-order valence-electron chi connectivity index (χ0n) is 11.2. The molecular weight excluding hydrogens is 274 g/mol. The molecule has 6 nitrogen and oxygen atoms in total. The highest BCUT2D eigenvalue weighted by Gasteiger charge is 2.16. The normalized spacial score (nSPS) is 15.5. The second kappa shape index (κ2) is 6.13. The number of carbonyl (C=O) groups excluding carboxylic acids is 1. The summed E-state index contributed by atoms with van der Waals surface area (Å²) in [7, 11) is 0. The number of hydrogen-bond acceptors (Lipinski definition) is 4. The van der Waals surface area contributed by atoms with E-state index in [0.717, 1.165) is 36.1 Å². The number of amides is 2. The van der Waals surface area contributed by atoms with Crippen LogP contribution in [0.2, 0.25) is 0 Å². The third kappa shape index (κ3) is 2.87. The van der Waals surface area contributed by atoms with E-state index in [4.69, 9.17) is 0 Å². The van der Waals surface area contributed by atoms with Gasteiger partial charge in [0.25, 0.3) is 0 Å². The van der Waals surface area contributed by atoms with Crippen LogP contribution in [-0.4, -0.2) is 56.7 Å². The molecule has 2 aromatic heterocycles. The molecule has 1 N–H and O–H groups in total. The van der Waals surface area contributed by atoms with Crippen molar-refractivity contribution in [1.29, 1.82) is 0 Å². The van der Waals surface area contributed by atoms with E-state index in [1.165, 1.54) is 0 Å². The summed E-state index contributed by atoms with van der Waals surface area (Å²) in [6.45, 7) is 2.26. The number of rotatable bonds is 3. The first kappa shape index (κ1) is 13.2. The average molecular weight is 291 g/mol. The number of pyridine rings is 1. The van der Waals surface area contributed by atoms with Gasteiger partial charge in [0.15, 0.2) is 5.65 Å². The molecule has 1 saturated heterocycles. The molecular formula is C13H17N5OS. The molecule has 0 radical (unpaired) electrons. The number of nitrogens with one attached hydrogen (secondary N) is 1. The largest absolute Gasteiger partial charge is 0.338 e. The lowest BCUT2D eigenvalue weighted by Gasteiger charge is -2.26. The monoisotopic (exact) mass is 291 g/mol. The number of fused-ring (bicyclic) bond motifs is 1. The summed E-state index contributed by atoms with van der Waals surface area (Å²) in [5, 5.41) is 11.2. The Morgan fingerprint density at radius 1 is 1.30 bits per heavy atom. The lowest BCUT2D eigenvalue weighted by Crippen LogP contribution is -2.44. The fourth-order valence-electron chi connectivity index (χ4n) is 2.22. The number of thioether (sulfide) groups is 1. The van der Waals surface area contributed by atoms with Crippen LogP contribution in [0.3, 0.4) is 0 Å². The van der Waals surface area contributed by atoms with Gasteiger partial charge in [-0.3, -0.25) is 4.40 Å². The molecule has 106 valence electrons. The maximum Gasteiger partial charge on any atom is 0.317 e. The van der Waals surface area contributed by atoms with Crippen molar-refractivity contribution in [2.75, 3.05) is 31.1 Å². The van der Waals surface area contributed by atoms with Crippen molar-refractivity contribution >= 4 is 23.4 Å². The van der Waals surface area contributed by atoms with E-state index in [-0.39, 0.29) is 6.03 Å². The van der Waals surface area contributed by atoms with Gasteiger partial charge in [0, 0.05) is 43.8 Å². The first-order chi connectivity index (χ1) is 9.84. The summed E-state index contributed by atoms with van der Waals surface area (Å²) in [6.07, 6.45) is 2.62. The van der Waals surface area contributed by atoms with Crippen molar-refractivity contribution in [1.82, 2.24) is 24.8 Å². The quantitative estimate of drug-likeness (QED) is 0.917. The first-order valence-electron chi connectivity index (χ1n) is 6.74. The second-order valence-corrected chi connectivity index (χ2v) is 5.85. The molecule has 1 fully saturated rings. The topological polar surface area (TPSA) is 62.5 Å². The summed E-state index contributed by atoms with van der Waals surface area (Å²) in [5.41, 5.74) is 0.835. The molecule has 3 rings (SSSR count). The van der Waals surface area contributed by atoms with Gasteiger partial charge in [-0.25, -0.2) is 4.79 Å². The Labute approximate surface area is 121 Å². The molecule has 0 atom stereocenters. The highest BCUT2D eigenvalue weighted by atomic mass is 32.2. The van der Waals surface area contributed by atoms with E-state index in [1.807, 2.05) is 45.5 Å². The Bertz CT molecular complexity index is 593. The van der Waals surface area contributed by atoms with Gasteiger partial charge in [0.05, 0.1) is 0 Å². The lowest BCUT2D eigenvalue weighted by atomic mass is 10.4. The first-order valence-corrected chi connectivity index (χ1v) is 7.89. The molecule has 20 heavy (non-hydrogen) atoms. The Kier molecular flexibility index (Phi) is 4.05. The number of carbonyl (C=O) groups is 1. The van der Waals surface area contributed by atoms with Crippen LogP contribution in [0.15, 0.2) is 24.4 Å². The van der Waals surface area contributed by atoms with Crippen molar-refractivity contribution < 1.29 is 4.79 Å². The van der Waals surface area contributed by atoms with Crippen molar-refractivity contribution in [2.24, 2.45) is 0 Å². The summed E-state index contributed by atoms with van der Waals surface area (Å²) >= 11 is 1.90. The van der Waals surface area contributed by atoms with Crippen LogP contribution in [0, 0.1) is 0 Å². The SMILES string of the molecule is O=C(NCCc1nnc2ccccn12)N1CCSCC1. The molecule has 0 bridgehead atoms. The number of nitrogens with zero attached hydrogens (tertiary/aromatic N) is 4. The van der Waals surface area contributed by atoms with Crippen molar-refractivity contribution in [3.05, 3.63) is 30.2 Å². The fourth-order valence-corrected chi connectivity index (χ4v) is 3.12. The van der Waals surface area contributed by atoms with Crippen molar-refractivity contribution in [2.45, 2.75) is 6.42 Å². The van der Waals surface area contributed by atoms with Gasteiger partial charge in [0.1, 0.15) is 5.82 Å². The van der Waals surface area contributed by atoms with E-state index in [0.29, 0.717) is 13.0 Å². The van der Waals surface area contributed by atoms with Gasteiger partial charge in [-0.15, -0.1) is 10.2 Å². The third-order valence-electron chi connectivity index (χ3n) is 3.31. The maximum absolute atomic E-state index is 12.0. The molecule has 1 aliphatic heterocycles. The van der Waals surface area contributed by atoms with Crippen LogP contribution in [0.1, 0.15) is 5.82 Å². The molecule has 1 aliphatic rings. The lowest BCUT2D eigenvalue weighted by molar-refractivity contribution is 0.203. The van der Waals surface area contributed by atoms with Gasteiger partial charge in [-0.1, -0.05) is 6.07 Å². The summed E-state index contributed by atoms with van der Waals surface area (Å²) in [5.74, 6) is 2.93. The molecule has 2 amide bonds. The Morgan fingerprint density at radius 2 is 2.15 bits per heavy atom. The van der Waals surface area contributed by atoms with Crippen LogP contribution >= 0.6 is 11.8 Å². The smallest absolute Gasteiger partial charge is 0.317 e. The van der Waals surface area contributed by atoms with Crippen molar-refractivity contribution in [3.63, 3.8) is 0 Å². The molecule has 3 heterocycles. The number of hydrogen-bond donors (Lipinski definition) is 1. The predicted molar refractivity (Wildman–Crippen MR) is 79.0 cm³/mol. The number of urea groups is 1. The van der Waals surface area contributed by atoms with E-state index in [9.17, 15) is 4.79 Å². The van der Waals surface area contributed by atoms with Crippen LogP contribution < -0.4 is 5.32 Å². The molecule has 0 aliphatic carbocycles. The van der Waals surface area contributed by atoms with E-state index in [2.05, 4.69) is 15.5 Å². The van der Waals surface area contributed by atoms with Gasteiger partial charge in [0.2, 0.25) is 0 Å². The molecule has 0 aromatic carbocycles. The molecule has 0 unspecified atom stereocenters. The van der Waals surface area contributed by atoms with Gasteiger partial charge in [-0.2, -0.15) is 11.8 Å². The van der Waals surface area contributed by atoms with Crippen molar-refractivity contribution in [3.8, 4) is 0 Å². The molecule has 7 heteroatoms. The highest BCUT2D eigenvalue weighted by Crippen LogP contribution is 2.09. The zero-order chi connectivity index (χ0) is 13.8. The van der Waals surface area contributed by atoms with E-state index in [1.54, 1.807) is 0 Å². The minimum atomic E-state index is 0.0270. The Morgan fingerprint density at radius 3 is 3.00 bits per heavy atom. The van der Waals surface area contributed by atoms with Gasteiger partial charge >= 0.3 is 6.03 Å². The highest BCUT2D eigenvalue weighted by molar-refractivity contribution is 7.99. The summed E-state index contributed by atoms with van der Waals surface area (Å²) in [4.78, 5) is 13.8. The maximum atomic E-state index is 12.0. The van der Waals surface area contributed by atoms with E-state index >= 15 is 0 Å². The Hall–Kier alpha value is -1.76. The van der Waals surface area contributed by atoms with Gasteiger partial charge in [-0.05, 0) is 12.1 Å². The van der Waals surface area contributed by atoms with Gasteiger partial charge < -0.3 is 10.2 Å². The molecule has 0 spiro atoms. The summed E-state index contributed by atoms with van der Waals surface area (Å²) < 4.78 is 1.95. The zero-order valence-corrected chi connectivity index (χ0v) is 12.0. The second-order valence-electron chi connectivity index (χ2n) is 4.63. The van der Waals surface area contributed by atoms with Crippen LogP contribution in [0.5, 0.6) is 0 Å². The number of aromatic nitrogens is 3. The molecule has 2 aromatic rings. The average Bonchev–Trinajstić information content (AvgIpc) is 2.92. The van der Waals surface area contributed by atoms with Crippen LogP contribution in [0.4, 0.5) is 4.79 Å². The Balaban J connectivity index is 1.53. The predicted octanol–water partition coefficient (Wildman–Crippen LogP) is 1.03. The fraction of sp³-hybridized carbons (Fsp3) is 0.462. The minimum absolute atomic E-state index is 0.0270. The van der Waals surface area contributed by atoms with Crippen LogP contribution in [0.25, 0.3) is 5.65 Å². The molecule has 0 saturated carbocycles.